The molecule has 1 aromatic heterocycles. The van der Waals surface area contributed by atoms with Gasteiger partial charge in [0, 0.05) is 44.6 Å². The topological polar surface area (TPSA) is 32.3 Å². The highest BCUT2D eigenvalue weighted by atomic mass is 15.3. The predicted molar refractivity (Wildman–Crippen MR) is 74.8 cm³/mol. The van der Waals surface area contributed by atoms with Gasteiger partial charge >= 0.3 is 0 Å². The Kier molecular flexibility index (Phi) is 4.93. The van der Waals surface area contributed by atoms with E-state index in [-0.39, 0.29) is 0 Å². The molecule has 2 heterocycles. The summed E-state index contributed by atoms with van der Waals surface area (Å²) in [4.78, 5) is 13.6. The fraction of sp³-hybridized carbons (Fsp3) is 0.714. The molecule has 1 aliphatic heterocycles. The lowest BCUT2D eigenvalue weighted by molar-refractivity contribution is 0.170. The van der Waals surface area contributed by atoms with E-state index in [0.717, 1.165) is 38.2 Å². The second kappa shape index (κ2) is 6.69. The number of hydrogen-bond acceptors (Lipinski definition) is 4. The van der Waals surface area contributed by atoms with Gasteiger partial charge in [-0.1, -0.05) is 20.3 Å². The summed E-state index contributed by atoms with van der Waals surface area (Å²) in [6.45, 7) is 8.94. The molecule has 1 unspecified atom stereocenters. The van der Waals surface area contributed by atoms with Gasteiger partial charge in [0.05, 0.1) is 0 Å². The molecule has 0 radical (unpaired) electrons. The van der Waals surface area contributed by atoms with Crippen LogP contribution in [0.5, 0.6) is 0 Å². The largest absolute Gasteiger partial charge is 0.338 e. The van der Waals surface area contributed by atoms with Crippen molar-refractivity contribution in [3.63, 3.8) is 0 Å². The summed E-state index contributed by atoms with van der Waals surface area (Å²) >= 11 is 0. The standard InChI is InChI=1S/C14H24N4/c1-3-6-13(4-2)17-9-11-18(12-10-17)14-15-7-5-8-16-14/h5,7-8,13H,3-4,6,9-12H2,1-2H3. The highest BCUT2D eigenvalue weighted by molar-refractivity contribution is 5.29. The maximum atomic E-state index is 4.33. The molecule has 0 amide bonds. The fourth-order valence-corrected chi connectivity index (χ4v) is 2.72. The zero-order valence-electron chi connectivity index (χ0n) is 11.5. The van der Waals surface area contributed by atoms with Crippen molar-refractivity contribution in [3.05, 3.63) is 18.5 Å². The average molecular weight is 248 g/mol. The van der Waals surface area contributed by atoms with Crippen LogP contribution in [0.25, 0.3) is 0 Å². The zero-order valence-corrected chi connectivity index (χ0v) is 11.5. The quantitative estimate of drug-likeness (QED) is 0.799. The Morgan fingerprint density at radius 2 is 1.78 bits per heavy atom. The van der Waals surface area contributed by atoms with E-state index in [1.54, 1.807) is 0 Å². The van der Waals surface area contributed by atoms with Gasteiger partial charge in [0.2, 0.25) is 5.95 Å². The molecule has 0 spiro atoms. The molecule has 0 aliphatic carbocycles. The number of piperazine rings is 1. The highest BCUT2D eigenvalue weighted by Crippen LogP contribution is 2.16. The molecule has 0 N–H and O–H groups in total. The van der Waals surface area contributed by atoms with E-state index >= 15 is 0 Å². The van der Waals surface area contributed by atoms with Crippen LogP contribution in [0, 0.1) is 0 Å². The summed E-state index contributed by atoms with van der Waals surface area (Å²) < 4.78 is 0. The fourth-order valence-electron chi connectivity index (χ4n) is 2.72. The van der Waals surface area contributed by atoms with E-state index in [2.05, 4.69) is 33.6 Å². The Morgan fingerprint density at radius 1 is 1.11 bits per heavy atom. The molecular formula is C14H24N4. The van der Waals surface area contributed by atoms with Gasteiger partial charge in [-0.3, -0.25) is 4.90 Å². The second-order valence-electron chi connectivity index (χ2n) is 4.92. The highest BCUT2D eigenvalue weighted by Gasteiger charge is 2.23. The average Bonchev–Trinajstić information content (AvgIpc) is 2.46. The van der Waals surface area contributed by atoms with Crippen LogP contribution in [-0.4, -0.2) is 47.1 Å². The smallest absolute Gasteiger partial charge is 0.225 e. The van der Waals surface area contributed by atoms with E-state index in [1.165, 1.54) is 19.3 Å². The van der Waals surface area contributed by atoms with Crippen molar-refractivity contribution >= 4 is 5.95 Å². The third-order valence-corrected chi connectivity index (χ3v) is 3.76. The Bertz CT molecular complexity index is 333. The molecule has 0 bridgehead atoms. The van der Waals surface area contributed by atoms with Gasteiger partial charge in [-0.2, -0.15) is 0 Å². The summed E-state index contributed by atoms with van der Waals surface area (Å²) in [5.41, 5.74) is 0. The summed E-state index contributed by atoms with van der Waals surface area (Å²) in [6.07, 6.45) is 7.50. The lowest BCUT2D eigenvalue weighted by Crippen LogP contribution is -2.50. The lowest BCUT2D eigenvalue weighted by atomic mass is 10.1. The number of aromatic nitrogens is 2. The lowest BCUT2D eigenvalue weighted by Gasteiger charge is -2.39. The Balaban J connectivity index is 1.88. The molecular weight excluding hydrogens is 224 g/mol. The van der Waals surface area contributed by atoms with Crippen LogP contribution in [0.4, 0.5) is 5.95 Å². The van der Waals surface area contributed by atoms with Gasteiger partial charge < -0.3 is 4.90 Å². The monoisotopic (exact) mass is 248 g/mol. The first-order chi connectivity index (χ1) is 8.85. The van der Waals surface area contributed by atoms with Gasteiger partial charge in [-0.25, -0.2) is 9.97 Å². The first-order valence-electron chi connectivity index (χ1n) is 7.11. The van der Waals surface area contributed by atoms with Crippen molar-refractivity contribution < 1.29 is 0 Å². The van der Waals surface area contributed by atoms with Crippen molar-refractivity contribution in [2.45, 2.75) is 39.2 Å². The minimum absolute atomic E-state index is 0.758. The van der Waals surface area contributed by atoms with Gasteiger partial charge in [0.15, 0.2) is 0 Å². The number of nitrogens with zero attached hydrogens (tertiary/aromatic N) is 4. The van der Waals surface area contributed by atoms with Gasteiger partial charge in [0.25, 0.3) is 0 Å². The van der Waals surface area contributed by atoms with Crippen LogP contribution in [0.2, 0.25) is 0 Å². The normalized spacial score (nSPS) is 18.9. The van der Waals surface area contributed by atoms with Gasteiger partial charge in [0.1, 0.15) is 0 Å². The molecule has 0 saturated carbocycles. The molecule has 2 rings (SSSR count). The maximum absolute atomic E-state index is 4.33. The molecule has 100 valence electrons. The van der Waals surface area contributed by atoms with Crippen LogP contribution in [0.15, 0.2) is 18.5 Å². The van der Waals surface area contributed by atoms with Crippen LogP contribution in [0.1, 0.15) is 33.1 Å². The van der Waals surface area contributed by atoms with Crippen molar-refractivity contribution in [1.82, 2.24) is 14.9 Å². The summed E-state index contributed by atoms with van der Waals surface area (Å²) in [5, 5.41) is 0. The molecule has 1 aliphatic rings. The second-order valence-corrected chi connectivity index (χ2v) is 4.92. The van der Waals surface area contributed by atoms with E-state index in [0.29, 0.717) is 0 Å². The van der Waals surface area contributed by atoms with Crippen molar-refractivity contribution in [2.24, 2.45) is 0 Å². The third kappa shape index (κ3) is 3.19. The molecule has 1 saturated heterocycles. The minimum Gasteiger partial charge on any atom is -0.338 e. The van der Waals surface area contributed by atoms with E-state index in [9.17, 15) is 0 Å². The zero-order chi connectivity index (χ0) is 12.8. The van der Waals surface area contributed by atoms with Crippen LogP contribution in [0.3, 0.4) is 0 Å². The SMILES string of the molecule is CCCC(CC)N1CCN(c2ncccn2)CC1. The molecule has 4 nitrogen and oxygen atoms in total. The summed E-state index contributed by atoms with van der Waals surface area (Å²) in [6, 6.07) is 2.63. The molecule has 0 aromatic carbocycles. The first kappa shape index (κ1) is 13.3. The first-order valence-corrected chi connectivity index (χ1v) is 7.11. The summed E-state index contributed by atoms with van der Waals surface area (Å²) in [5.74, 6) is 0.876. The molecule has 1 atom stereocenters. The van der Waals surface area contributed by atoms with Crippen LogP contribution < -0.4 is 4.90 Å². The Hall–Kier alpha value is -1.16. The van der Waals surface area contributed by atoms with Crippen molar-refractivity contribution in [3.8, 4) is 0 Å². The predicted octanol–water partition coefficient (Wildman–Crippen LogP) is 2.18. The minimum atomic E-state index is 0.758. The Labute approximate surface area is 110 Å². The third-order valence-electron chi connectivity index (χ3n) is 3.76. The van der Waals surface area contributed by atoms with Crippen LogP contribution >= 0.6 is 0 Å². The molecule has 1 fully saturated rings. The number of rotatable bonds is 5. The number of hydrogen-bond donors (Lipinski definition) is 0. The van der Waals surface area contributed by atoms with E-state index in [1.807, 2.05) is 18.5 Å². The summed E-state index contributed by atoms with van der Waals surface area (Å²) in [7, 11) is 0. The number of anilines is 1. The van der Waals surface area contributed by atoms with Crippen LogP contribution in [-0.2, 0) is 0 Å². The molecule has 4 heteroatoms. The van der Waals surface area contributed by atoms with Gasteiger partial charge in [-0.05, 0) is 18.9 Å². The maximum Gasteiger partial charge on any atom is 0.225 e. The van der Waals surface area contributed by atoms with E-state index < -0.39 is 0 Å². The van der Waals surface area contributed by atoms with Gasteiger partial charge in [-0.15, -0.1) is 0 Å². The molecule has 18 heavy (non-hydrogen) atoms. The van der Waals surface area contributed by atoms with Crippen molar-refractivity contribution in [2.75, 3.05) is 31.1 Å². The molecule has 1 aromatic rings. The van der Waals surface area contributed by atoms with E-state index in [4.69, 9.17) is 0 Å². The Morgan fingerprint density at radius 3 is 2.33 bits per heavy atom. The van der Waals surface area contributed by atoms with Crippen molar-refractivity contribution in [1.29, 1.82) is 0 Å².